The quantitative estimate of drug-likeness (QED) is 0.296. The molecule has 0 atom stereocenters. The molecule has 38 heavy (non-hydrogen) atoms. The summed E-state index contributed by atoms with van der Waals surface area (Å²) < 4.78 is 20.4. The van der Waals surface area contributed by atoms with Gasteiger partial charge in [0.1, 0.15) is 23.1 Å². The lowest BCUT2D eigenvalue weighted by molar-refractivity contribution is -0.120. The van der Waals surface area contributed by atoms with Crippen LogP contribution in [0.1, 0.15) is 36.7 Å². The van der Waals surface area contributed by atoms with Crippen molar-refractivity contribution in [1.29, 1.82) is 0 Å². The second-order valence-corrected chi connectivity index (χ2v) is 9.67. The molecular formula is C29H24FN5O3. The van der Waals surface area contributed by atoms with Gasteiger partial charge in [-0.3, -0.25) is 9.59 Å². The van der Waals surface area contributed by atoms with E-state index in [-0.39, 0.29) is 28.4 Å². The molecule has 3 heterocycles. The zero-order valence-electron chi connectivity index (χ0n) is 21.0. The topological polar surface area (TPSA) is 98.5 Å². The van der Waals surface area contributed by atoms with E-state index in [0.717, 1.165) is 5.56 Å². The van der Waals surface area contributed by atoms with Crippen LogP contribution in [0.3, 0.4) is 0 Å². The fourth-order valence-corrected chi connectivity index (χ4v) is 4.11. The summed E-state index contributed by atoms with van der Waals surface area (Å²) in [6.45, 7) is 6.37. The molecule has 0 fully saturated rings. The van der Waals surface area contributed by atoms with Gasteiger partial charge in [-0.1, -0.05) is 26.8 Å². The lowest BCUT2D eigenvalue weighted by Crippen LogP contribution is -2.16. The maximum absolute atomic E-state index is 13.6. The van der Waals surface area contributed by atoms with Gasteiger partial charge in [-0.05, 0) is 71.6 Å². The smallest absolute Gasteiger partial charge is 0.298 e. The van der Waals surface area contributed by atoms with Crippen LogP contribution in [0.2, 0.25) is 0 Å². The highest BCUT2D eigenvalue weighted by Crippen LogP contribution is 2.33. The Bertz CT molecular complexity index is 1660. The first-order chi connectivity index (χ1) is 18.2. The number of rotatable bonds is 6. The van der Waals surface area contributed by atoms with Crippen molar-refractivity contribution < 1.29 is 18.7 Å². The summed E-state index contributed by atoms with van der Waals surface area (Å²) in [7, 11) is 0. The molecule has 0 spiro atoms. The minimum absolute atomic E-state index is 0.158. The van der Waals surface area contributed by atoms with Crippen molar-refractivity contribution in [1.82, 2.24) is 19.6 Å². The maximum atomic E-state index is 13.6. The number of aromatic nitrogens is 4. The Kier molecular flexibility index (Phi) is 6.42. The van der Waals surface area contributed by atoms with Gasteiger partial charge in [0.2, 0.25) is 0 Å². The highest BCUT2D eigenvalue weighted by molar-refractivity contribution is 6.06. The van der Waals surface area contributed by atoms with E-state index in [1.54, 1.807) is 59.4 Å². The van der Waals surface area contributed by atoms with Gasteiger partial charge in [0.25, 0.3) is 12.4 Å². The molecule has 0 aliphatic carbocycles. The van der Waals surface area contributed by atoms with Crippen molar-refractivity contribution in [3.05, 3.63) is 96.1 Å². The Morgan fingerprint density at radius 3 is 2.53 bits per heavy atom. The first kappa shape index (κ1) is 24.8. The summed E-state index contributed by atoms with van der Waals surface area (Å²) in [5, 5.41) is 7.23. The second kappa shape index (κ2) is 9.85. The molecule has 0 saturated carbocycles. The number of carbonyl (C=O) groups excluding carboxylic acids is 2. The number of halogens is 1. The standard InChI is InChI=1S/C29H24FN5O3/c1-29(2,3)20-8-11-22(23(16-20)38-17-36)28(37)33-24-15-19(12-14-31-24)27-26(18-6-9-21(30)10-7-18)34-25-5-4-13-32-35(25)27/h4-17H,1-3H3,(H,31,33,37). The van der Waals surface area contributed by atoms with E-state index in [1.807, 2.05) is 32.9 Å². The maximum Gasteiger partial charge on any atom is 0.298 e. The van der Waals surface area contributed by atoms with Crippen molar-refractivity contribution in [3.63, 3.8) is 0 Å². The molecule has 0 aliphatic heterocycles. The molecule has 2 aromatic carbocycles. The van der Waals surface area contributed by atoms with Crippen LogP contribution < -0.4 is 10.1 Å². The second-order valence-electron chi connectivity index (χ2n) is 9.67. The average Bonchev–Trinajstić information content (AvgIpc) is 3.28. The van der Waals surface area contributed by atoms with Crippen LogP contribution in [0.15, 0.2) is 79.1 Å². The molecule has 5 rings (SSSR count). The van der Waals surface area contributed by atoms with E-state index in [4.69, 9.17) is 9.72 Å². The number of fused-ring (bicyclic) bond motifs is 1. The van der Waals surface area contributed by atoms with Gasteiger partial charge >= 0.3 is 0 Å². The van der Waals surface area contributed by atoms with Crippen LogP contribution in [-0.2, 0) is 10.2 Å². The van der Waals surface area contributed by atoms with E-state index >= 15 is 0 Å². The normalized spacial score (nSPS) is 11.4. The lowest BCUT2D eigenvalue weighted by Gasteiger charge is -2.20. The molecule has 0 radical (unpaired) electrons. The molecule has 0 bridgehead atoms. The number of hydrogen-bond acceptors (Lipinski definition) is 6. The third kappa shape index (κ3) is 4.86. The Morgan fingerprint density at radius 1 is 1.00 bits per heavy atom. The number of imidazole rings is 1. The highest BCUT2D eigenvalue weighted by atomic mass is 19.1. The summed E-state index contributed by atoms with van der Waals surface area (Å²) in [5.41, 5.74) is 4.18. The highest BCUT2D eigenvalue weighted by Gasteiger charge is 2.21. The number of pyridine rings is 1. The van der Waals surface area contributed by atoms with E-state index in [1.165, 1.54) is 12.1 Å². The van der Waals surface area contributed by atoms with Crippen molar-refractivity contribution in [2.24, 2.45) is 0 Å². The first-order valence-electron chi connectivity index (χ1n) is 11.9. The fourth-order valence-electron chi connectivity index (χ4n) is 4.11. The first-order valence-corrected chi connectivity index (χ1v) is 11.9. The Labute approximate surface area is 218 Å². The van der Waals surface area contributed by atoms with Gasteiger partial charge in [-0.15, -0.1) is 0 Å². The zero-order valence-corrected chi connectivity index (χ0v) is 21.0. The van der Waals surface area contributed by atoms with E-state index in [2.05, 4.69) is 15.4 Å². The molecule has 8 nitrogen and oxygen atoms in total. The molecule has 0 aliphatic rings. The molecule has 3 aromatic heterocycles. The minimum Gasteiger partial charge on any atom is -0.428 e. The number of carbonyl (C=O) groups is 2. The molecule has 190 valence electrons. The van der Waals surface area contributed by atoms with Crippen molar-refractivity contribution in [2.45, 2.75) is 26.2 Å². The molecule has 0 saturated heterocycles. The number of hydrogen-bond donors (Lipinski definition) is 1. The van der Waals surface area contributed by atoms with Crippen LogP contribution in [0, 0.1) is 5.82 Å². The zero-order chi connectivity index (χ0) is 26.9. The van der Waals surface area contributed by atoms with Gasteiger partial charge in [0, 0.05) is 23.5 Å². The lowest BCUT2D eigenvalue weighted by atomic mass is 9.86. The molecule has 5 aromatic rings. The minimum atomic E-state index is -0.484. The number of anilines is 1. The Hall–Kier alpha value is -4.92. The Balaban J connectivity index is 1.53. The molecule has 1 N–H and O–H groups in total. The van der Waals surface area contributed by atoms with Gasteiger partial charge in [-0.2, -0.15) is 5.10 Å². The molecular weight excluding hydrogens is 485 g/mol. The van der Waals surface area contributed by atoms with Crippen LogP contribution >= 0.6 is 0 Å². The van der Waals surface area contributed by atoms with Gasteiger partial charge in [0.05, 0.1) is 11.3 Å². The van der Waals surface area contributed by atoms with Crippen LogP contribution in [0.25, 0.3) is 28.2 Å². The molecule has 0 unspecified atom stereocenters. The van der Waals surface area contributed by atoms with Crippen molar-refractivity contribution in [3.8, 4) is 28.3 Å². The SMILES string of the molecule is CC(C)(C)c1ccc(C(=O)Nc2cc(-c3c(-c4ccc(F)cc4)nc4cccnn34)ccn2)c(OC=O)c1. The van der Waals surface area contributed by atoms with Crippen LogP contribution in [0.5, 0.6) is 5.75 Å². The number of benzene rings is 2. The van der Waals surface area contributed by atoms with Gasteiger partial charge < -0.3 is 10.1 Å². The predicted molar refractivity (Wildman–Crippen MR) is 141 cm³/mol. The summed E-state index contributed by atoms with van der Waals surface area (Å²) in [6, 6.07) is 18.3. The van der Waals surface area contributed by atoms with Gasteiger partial charge in [0.15, 0.2) is 5.65 Å². The Morgan fingerprint density at radius 2 is 1.79 bits per heavy atom. The fraction of sp³-hybridized carbons (Fsp3) is 0.138. The monoisotopic (exact) mass is 509 g/mol. The van der Waals surface area contributed by atoms with E-state index < -0.39 is 5.91 Å². The third-order valence-electron chi connectivity index (χ3n) is 6.05. The summed E-state index contributed by atoms with van der Waals surface area (Å²) >= 11 is 0. The predicted octanol–water partition coefficient (Wildman–Crippen LogP) is 5.68. The molecule has 9 heteroatoms. The van der Waals surface area contributed by atoms with Crippen LogP contribution in [0.4, 0.5) is 10.2 Å². The largest absolute Gasteiger partial charge is 0.428 e. The van der Waals surface area contributed by atoms with Crippen LogP contribution in [-0.4, -0.2) is 32.0 Å². The average molecular weight is 510 g/mol. The summed E-state index contributed by atoms with van der Waals surface area (Å²) in [5.74, 6) is -0.396. The van der Waals surface area contributed by atoms with Gasteiger partial charge in [-0.25, -0.2) is 18.9 Å². The third-order valence-corrected chi connectivity index (χ3v) is 6.05. The number of ether oxygens (including phenoxy) is 1. The molecule has 1 amide bonds. The number of nitrogens with one attached hydrogen (secondary N) is 1. The summed E-state index contributed by atoms with van der Waals surface area (Å²) in [4.78, 5) is 33.3. The number of nitrogens with zero attached hydrogens (tertiary/aromatic N) is 4. The van der Waals surface area contributed by atoms with Crippen molar-refractivity contribution >= 4 is 23.8 Å². The number of amides is 1. The van der Waals surface area contributed by atoms with E-state index in [0.29, 0.717) is 34.6 Å². The summed E-state index contributed by atoms with van der Waals surface area (Å²) in [6.07, 6.45) is 3.21. The van der Waals surface area contributed by atoms with Crippen molar-refractivity contribution in [2.75, 3.05) is 5.32 Å². The van der Waals surface area contributed by atoms with E-state index in [9.17, 15) is 14.0 Å².